The number of halogens is 1. The van der Waals surface area contributed by atoms with E-state index in [0.29, 0.717) is 47.3 Å². The highest BCUT2D eigenvalue weighted by Gasteiger charge is 2.21. The minimum Gasteiger partial charge on any atom is -0.490 e. The number of hydrogen-bond acceptors (Lipinski definition) is 6. The lowest BCUT2D eigenvalue weighted by molar-refractivity contribution is -0.147. The van der Waals surface area contributed by atoms with Crippen molar-refractivity contribution >= 4 is 29.3 Å². The molecule has 1 N–H and O–H groups in total. The van der Waals surface area contributed by atoms with Crippen molar-refractivity contribution in [1.29, 1.82) is 0 Å². The van der Waals surface area contributed by atoms with E-state index in [1.807, 2.05) is 12.1 Å². The van der Waals surface area contributed by atoms with Crippen LogP contribution in [0.25, 0.3) is 0 Å². The van der Waals surface area contributed by atoms with Gasteiger partial charge in [0.1, 0.15) is 30.8 Å². The summed E-state index contributed by atoms with van der Waals surface area (Å²) in [5.41, 5.74) is 1.99. The first kappa shape index (κ1) is 26.8. The predicted molar refractivity (Wildman–Crippen MR) is 137 cm³/mol. The van der Waals surface area contributed by atoms with E-state index in [1.165, 1.54) is 6.92 Å². The Balaban J connectivity index is 1.45. The molecular formula is C28H28ClNO6. The molecule has 0 heterocycles. The van der Waals surface area contributed by atoms with Crippen molar-refractivity contribution in [2.24, 2.45) is 0 Å². The molecule has 0 aliphatic heterocycles. The maximum absolute atomic E-state index is 12.5. The Labute approximate surface area is 215 Å². The Hall–Kier alpha value is -3.84. The highest BCUT2D eigenvalue weighted by atomic mass is 35.5. The van der Waals surface area contributed by atoms with Crippen LogP contribution in [0.5, 0.6) is 11.5 Å². The fourth-order valence-electron chi connectivity index (χ4n) is 3.43. The molecule has 3 aromatic carbocycles. The second kappa shape index (κ2) is 13.3. The highest BCUT2D eigenvalue weighted by Crippen LogP contribution is 2.18. The summed E-state index contributed by atoms with van der Waals surface area (Å²) >= 11 is 5.88. The van der Waals surface area contributed by atoms with Crippen LogP contribution in [0, 0.1) is 0 Å². The summed E-state index contributed by atoms with van der Waals surface area (Å²) in [5, 5.41) is 3.20. The van der Waals surface area contributed by atoms with Crippen molar-refractivity contribution in [3.05, 3.63) is 94.5 Å². The number of carbonyl (C=O) groups is 3. The van der Waals surface area contributed by atoms with Crippen LogP contribution in [0.1, 0.15) is 35.3 Å². The first-order valence-electron chi connectivity index (χ1n) is 11.5. The van der Waals surface area contributed by atoms with Crippen LogP contribution in [0.3, 0.4) is 0 Å². The molecule has 0 bridgehead atoms. The van der Waals surface area contributed by atoms with Gasteiger partial charge in [-0.3, -0.25) is 9.59 Å². The normalized spacial score (nSPS) is 11.3. The molecule has 0 fully saturated rings. The molecule has 1 amide bonds. The summed E-state index contributed by atoms with van der Waals surface area (Å²) in [4.78, 5) is 36.0. The summed E-state index contributed by atoms with van der Waals surface area (Å²) in [6.07, 6.45) is 0.318. The van der Waals surface area contributed by atoms with Crippen LogP contribution < -0.4 is 14.8 Å². The van der Waals surface area contributed by atoms with E-state index < -0.39 is 12.0 Å². The highest BCUT2D eigenvalue weighted by molar-refractivity contribution is 6.30. The second-order valence-electron chi connectivity index (χ2n) is 7.91. The Morgan fingerprint density at radius 1 is 0.806 bits per heavy atom. The summed E-state index contributed by atoms with van der Waals surface area (Å²) in [6, 6.07) is 20.2. The Morgan fingerprint density at radius 3 is 1.81 bits per heavy atom. The van der Waals surface area contributed by atoms with Gasteiger partial charge < -0.3 is 19.5 Å². The van der Waals surface area contributed by atoms with Crippen molar-refractivity contribution < 1.29 is 28.6 Å². The van der Waals surface area contributed by atoms with Gasteiger partial charge in [-0.05, 0) is 73.2 Å². The number of carbonyl (C=O) groups excluding carboxylic acids is 3. The van der Waals surface area contributed by atoms with Crippen LogP contribution in [0.4, 0.5) is 0 Å². The summed E-state index contributed by atoms with van der Waals surface area (Å²) in [6.45, 7) is 3.97. The Morgan fingerprint density at radius 2 is 1.31 bits per heavy atom. The molecule has 8 heteroatoms. The predicted octanol–water partition coefficient (Wildman–Crippen LogP) is 4.64. The standard InChI is InChI=1S/C28H28ClNO6/c1-3-34-28(33)26(30-19(2)31)18-20-4-12-24(13-5-20)35-16-17-36-25-14-8-22(9-15-25)27(32)21-6-10-23(29)11-7-21/h4-15,26H,3,16-18H2,1-2H3,(H,30,31)/t26-/m0/s1. The number of amides is 1. The molecule has 3 rings (SSSR count). The van der Waals surface area contributed by atoms with E-state index in [1.54, 1.807) is 67.6 Å². The van der Waals surface area contributed by atoms with Crippen LogP contribution in [0.2, 0.25) is 5.02 Å². The fourth-order valence-corrected chi connectivity index (χ4v) is 3.55. The van der Waals surface area contributed by atoms with E-state index in [9.17, 15) is 14.4 Å². The fraction of sp³-hybridized carbons (Fsp3) is 0.250. The van der Waals surface area contributed by atoms with Crippen LogP contribution in [-0.4, -0.2) is 43.5 Å². The number of ketones is 1. The van der Waals surface area contributed by atoms with E-state index in [4.69, 9.17) is 25.8 Å². The van der Waals surface area contributed by atoms with E-state index >= 15 is 0 Å². The molecule has 36 heavy (non-hydrogen) atoms. The second-order valence-corrected chi connectivity index (χ2v) is 8.35. The third-order valence-electron chi connectivity index (χ3n) is 5.16. The van der Waals surface area contributed by atoms with Crippen LogP contribution in [0.15, 0.2) is 72.8 Å². The van der Waals surface area contributed by atoms with Crippen molar-refractivity contribution in [1.82, 2.24) is 5.32 Å². The largest absolute Gasteiger partial charge is 0.490 e. The molecule has 0 aliphatic rings. The number of hydrogen-bond donors (Lipinski definition) is 1. The first-order chi connectivity index (χ1) is 17.4. The molecule has 0 spiro atoms. The molecule has 7 nitrogen and oxygen atoms in total. The van der Waals surface area contributed by atoms with Gasteiger partial charge in [0, 0.05) is 29.5 Å². The Bertz CT molecular complexity index is 1160. The molecule has 0 saturated carbocycles. The van der Waals surface area contributed by atoms with Crippen molar-refractivity contribution in [2.75, 3.05) is 19.8 Å². The minimum absolute atomic E-state index is 0.0874. The molecule has 0 saturated heterocycles. The number of ether oxygens (including phenoxy) is 3. The van der Waals surface area contributed by atoms with Gasteiger partial charge in [-0.15, -0.1) is 0 Å². The third kappa shape index (κ3) is 8.13. The SMILES string of the molecule is CCOC(=O)[C@H](Cc1ccc(OCCOc2ccc(C(=O)c3ccc(Cl)cc3)cc2)cc1)NC(C)=O. The number of nitrogens with one attached hydrogen (secondary N) is 1. The van der Waals surface area contributed by atoms with Gasteiger partial charge in [-0.25, -0.2) is 4.79 Å². The summed E-state index contributed by atoms with van der Waals surface area (Å²) in [7, 11) is 0. The van der Waals surface area contributed by atoms with Crippen LogP contribution >= 0.6 is 11.6 Å². The van der Waals surface area contributed by atoms with E-state index in [-0.39, 0.29) is 18.3 Å². The molecule has 3 aromatic rings. The van der Waals surface area contributed by atoms with Gasteiger partial charge in [0.15, 0.2) is 5.78 Å². The van der Waals surface area contributed by atoms with Crippen molar-refractivity contribution in [3.8, 4) is 11.5 Å². The number of rotatable bonds is 12. The zero-order valence-electron chi connectivity index (χ0n) is 20.2. The number of esters is 1. The lowest BCUT2D eigenvalue weighted by atomic mass is 10.0. The quantitative estimate of drug-likeness (QED) is 0.217. The molecule has 188 valence electrons. The van der Waals surface area contributed by atoms with Gasteiger partial charge in [0.05, 0.1) is 6.61 Å². The smallest absolute Gasteiger partial charge is 0.328 e. The minimum atomic E-state index is -0.740. The summed E-state index contributed by atoms with van der Waals surface area (Å²) < 4.78 is 16.4. The van der Waals surface area contributed by atoms with Crippen molar-refractivity contribution in [2.45, 2.75) is 26.3 Å². The first-order valence-corrected chi connectivity index (χ1v) is 11.9. The molecular weight excluding hydrogens is 482 g/mol. The third-order valence-corrected chi connectivity index (χ3v) is 5.41. The van der Waals surface area contributed by atoms with Gasteiger partial charge in [0.2, 0.25) is 5.91 Å². The molecule has 1 atom stereocenters. The maximum Gasteiger partial charge on any atom is 0.328 e. The van der Waals surface area contributed by atoms with Gasteiger partial charge >= 0.3 is 5.97 Å². The van der Waals surface area contributed by atoms with Gasteiger partial charge in [0.25, 0.3) is 0 Å². The van der Waals surface area contributed by atoms with E-state index in [2.05, 4.69) is 5.32 Å². The average Bonchev–Trinajstić information content (AvgIpc) is 2.87. The zero-order chi connectivity index (χ0) is 25.9. The molecule has 0 aromatic heterocycles. The van der Waals surface area contributed by atoms with Gasteiger partial charge in [-0.2, -0.15) is 0 Å². The topological polar surface area (TPSA) is 90.9 Å². The van der Waals surface area contributed by atoms with Crippen molar-refractivity contribution in [3.63, 3.8) is 0 Å². The monoisotopic (exact) mass is 509 g/mol. The lowest BCUT2D eigenvalue weighted by Gasteiger charge is -2.16. The lowest BCUT2D eigenvalue weighted by Crippen LogP contribution is -2.42. The van der Waals surface area contributed by atoms with Crippen LogP contribution in [-0.2, 0) is 20.7 Å². The average molecular weight is 510 g/mol. The summed E-state index contributed by atoms with van der Waals surface area (Å²) in [5.74, 6) is 0.432. The maximum atomic E-state index is 12.5. The zero-order valence-corrected chi connectivity index (χ0v) is 20.9. The Kier molecular flexibility index (Phi) is 9.89. The van der Waals surface area contributed by atoms with E-state index in [0.717, 1.165) is 5.56 Å². The molecule has 0 aliphatic carbocycles. The van der Waals surface area contributed by atoms with Gasteiger partial charge in [-0.1, -0.05) is 23.7 Å². The number of benzene rings is 3. The molecule has 0 unspecified atom stereocenters. The molecule has 0 radical (unpaired) electrons.